The second-order valence-corrected chi connectivity index (χ2v) is 6.24. The minimum atomic E-state index is 0.131. The van der Waals surface area contributed by atoms with Gasteiger partial charge in [0.15, 0.2) is 0 Å². The van der Waals surface area contributed by atoms with Crippen LogP contribution in [0.1, 0.15) is 46.5 Å². The minimum Gasteiger partial charge on any atom is -0.378 e. The molecule has 3 atom stereocenters. The fourth-order valence-corrected chi connectivity index (χ4v) is 3.42. The Balaban J connectivity index is 1.69. The van der Waals surface area contributed by atoms with Crippen LogP contribution in [-0.2, 0) is 4.74 Å². The van der Waals surface area contributed by atoms with E-state index in [-0.39, 0.29) is 12.1 Å². The van der Waals surface area contributed by atoms with Crippen molar-refractivity contribution in [2.24, 2.45) is 11.8 Å². The van der Waals surface area contributed by atoms with Gasteiger partial charge in [-0.05, 0) is 44.4 Å². The van der Waals surface area contributed by atoms with E-state index in [9.17, 15) is 4.79 Å². The number of rotatable bonds is 6. The van der Waals surface area contributed by atoms with Crippen LogP contribution in [0.3, 0.4) is 0 Å². The molecule has 2 bridgehead atoms. The maximum Gasteiger partial charge on any atom is 0.317 e. The molecule has 0 aromatic heterocycles. The van der Waals surface area contributed by atoms with Crippen molar-refractivity contribution in [1.29, 1.82) is 0 Å². The fraction of sp³-hybridized carbons (Fsp3) is 0.933. The van der Waals surface area contributed by atoms with Crippen LogP contribution < -0.4 is 5.32 Å². The number of fused-ring (bicyclic) bond motifs is 2. The lowest BCUT2D eigenvalue weighted by molar-refractivity contribution is 0.0253. The highest BCUT2D eigenvalue weighted by atomic mass is 16.5. The van der Waals surface area contributed by atoms with Gasteiger partial charge in [0, 0.05) is 25.7 Å². The smallest absolute Gasteiger partial charge is 0.317 e. The first-order valence-corrected chi connectivity index (χ1v) is 7.77. The molecule has 0 spiro atoms. The van der Waals surface area contributed by atoms with Crippen LogP contribution in [0.5, 0.6) is 0 Å². The summed E-state index contributed by atoms with van der Waals surface area (Å²) in [6.45, 7) is 8.79. The van der Waals surface area contributed by atoms with Crippen molar-refractivity contribution in [3.05, 3.63) is 0 Å². The quantitative estimate of drug-likeness (QED) is 0.804. The SMILES string of the molecule is CCO[C@H](CCNC(=O)N1C[C@H]2CC[C@H]1C2)C(C)C. The molecule has 1 aliphatic heterocycles. The molecule has 2 amide bonds. The lowest BCUT2D eigenvalue weighted by atomic mass is 10.0. The van der Waals surface area contributed by atoms with E-state index < -0.39 is 0 Å². The van der Waals surface area contributed by atoms with Crippen LogP contribution in [0.4, 0.5) is 4.79 Å². The average molecular weight is 268 g/mol. The number of hydrogen-bond acceptors (Lipinski definition) is 2. The van der Waals surface area contributed by atoms with E-state index in [1.54, 1.807) is 0 Å². The lowest BCUT2D eigenvalue weighted by Crippen LogP contribution is -2.45. The Bertz CT molecular complexity index is 307. The van der Waals surface area contributed by atoms with Crippen molar-refractivity contribution < 1.29 is 9.53 Å². The highest BCUT2D eigenvalue weighted by Gasteiger charge is 2.40. The number of carbonyl (C=O) groups is 1. The van der Waals surface area contributed by atoms with E-state index in [1.807, 2.05) is 11.8 Å². The number of carbonyl (C=O) groups excluding carboxylic acids is 1. The molecule has 0 radical (unpaired) electrons. The fourth-order valence-electron chi connectivity index (χ4n) is 3.42. The number of likely N-dealkylation sites (tertiary alicyclic amines) is 1. The van der Waals surface area contributed by atoms with Crippen LogP contribution in [0, 0.1) is 11.8 Å². The highest BCUT2D eigenvalue weighted by Crippen LogP contribution is 2.37. The molecule has 1 heterocycles. The number of nitrogens with zero attached hydrogens (tertiary/aromatic N) is 1. The van der Waals surface area contributed by atoms with Crippen molar-refractivity contribution in [3.63, 3.8) is 0 Å². The third-order valence-corrected chi connectivity index (χ3v) is 4.50. The van der Waals surface area contributed by atoms with Gasteiger partial charge in [-0.3, -0.25) is 0 Å². The predicted octanol–water partition coefficient (Wildman–Crippen LogP) is 2.63. The lowest BCUT2D eigenvalue weighted by Gasteiger charge is -2.28. The molecule has 1 N–H and O–H groups in total. The van der Waals surface area contributed by atoms with Crippen molar-refractivity contribution in [2.45, 2.75) is 58.6 Å². The number of piperidine rings is 1. The van der Waals surface area contributed by atoms with E-state index in [4.69, 9.17) is 4.74 Å². The second-order valence-electron chi connectivity index (χ2n) is 6.24. The molecule has 2 fully saturated rings. The van der Waals surface area contributed by atoms with E-state index >= 15 is 0 Å². The molecule has 2 rings (SSSR count). The molecule has 0 aromatic carbocycles. The first kappa shape index (κ1) is 14.6. The monoisotopic (exact) mass is 268 g/mol. The number of hydrogen-bond donors (Lipinski definition) is 1. The first-order valence-electron chi connectivity index (χ1n) is 7.77. The molecule has 19 heavy (non-hydrogen) atoms. The van der Waals surface area contributed by atoms with Gasteiger partial charge in [0.1, 0.15) is 0 Å². The summed E-state index contributed by atoms with van der Waals surface area (Å²) in [5, 5.41) is 3.06. The summed E-state index contributed by atoms with van der Waals surface area (Å²) in [7, 11) is 0. The largest absolute Gasteiger partial charge is 0.378 e. The molecular formula is C15H28N2O2. The molecule has 0 aromatic rings. The summed E-state index contributed by atoms with van der Waals surface area (Å²) < 4.78 is 5.70. The third kappa shape index (κ3) is 3.62. The van der Waals surface area contributed by atoms with Gasteiger partial charge < -0.3 is 15.0 Å². The van der Waals surface area contributed by atoms with Crippen LogP contribution in [-0.4, -0.2) is 42.8 Å². The van der Waals surface area contributed by atoms with Crippen molar-refractivity contribution in [1.82, 2.24) is 10.2 Å². The van der Waals surface area contributed by atoms with E-state index in [0.29, 0.717) is 12.0 Å². The molecule has 110 valence electrons. The molecule has 1 saturated heterocycles. The number of nitrogens with one attached hydrogen (secondary N) is 1. The predicted molar refractivity (Wildman–Crippen MR) is 76.1 cm³/mol. The zero-order chi connectivity index (χ0) is 13.8. The molecule has 0 unspecified atom stereocenters. The molecule has 1 saturated carbocycles. The normalized spacial score (nSPS) is 27.1. The van der Waals surface area contributed by atoms with Crippen LogP contribution in [0.25, 0.3) is 0 Å². The van der Waals surface area contributed by atoms with Crippen molar-refractivity contribution in [3.8, 4) is 0 Å². The summed E-state index contributed by atoms with van der Waals surface area (Å²) in [5.41, 5.74) is 0. The Kier molecular flexibility index (Phi) is 5.08. The Hall–Kier alpha value is -0.770. The molecule has 2 aliphatic rings. The summed E-state index contributed by atoms with van der Waals surface area (Å²) in [6, 6.07) is 0.643. The summed E-state index contributed by atoms with van der Waals surface area (Å²) >= 11 is 0. The average Bonchev–Trinajstić information content (AvgIpc) is 2.99. The topological polar surface area (TPSA) is 41.6 Å². The number of ether oxygens (including phenoxy) is 1. The second kappa shape index (κ2) is 6.60. The number of amides is 2. The van der Waals surface area contributed by atoms with Gasteiger partial charge in [-0.2, -0.15) is 0 Å². The minimum absolute atomic E-state index is 0.131. The van der Waals surface area contributed by atoms with E-state index in [1.165, 1.54) is 19.3 Å². The maximum atomic E-state index is 12.1. The molecule has 4 heteroatoms. The van der Waals surface area contributed by atoms with Crippen molar-refractivity contribution >= 4 is 6.03 Å². The van der Waals surface area contributed by atoms with Gasteiger partial charge in [0.25, 0.3) is 0 Å². The Morgan fingerprint density at radius 2 is 2.21 bits per heavy atom. The third-order valence-electron chi connectivity index (χ3n) is 4.50. The zero-order valence-corrected chi connectivity index (χ0v) is 12.5. The Morgan fingerprint density at radius 1 is 1.42 bits per heavy atom. The molecule has 4 nitrogen and oxygen atoms in total. The van der Waals surface area contributed by atoms with E-state index in [0.717, 1.165) is 32.0 Å². The standard InChI is InChI=1S/C15H28N2O2/c1-4-19-14(11(2)3)7-8-16-15(18)17-10-12-5-6-13(17)9-12/h11-14H,4-10H2,1-3H3,(H,16,18)/t12-,13-,14+/m0/s1. The van der Waals surface area contributed by atoms with Gasteiger partial charge >= 0.3 is 6.03 Å². The zero-order valence-electron chi connectivity index (χ0n) is 12.5. The van der Waals surface area contributed by atoms with E-state index in [2.05, 4.69) is 19.2 Å². The summed E-state index contributed by atoms with van der Waals surface area (Å²) in [4.78, 5) is 14.2. The van der Waals surface area contributed by atoms with Crippen molar-refractivity contribution in [2.75, 3.05) is 19.7 Å². The maximum absolute atomic E-state index is 12.1. The first-order chi connectivity index (χ1) is 9.11. The van der Waals surface area contributed by atoms with Gasteiger partial charge in [-0.25, -0.2) is 4.79 Å². The highest BCUT2D eigenvalue weighted by molar-refractivity contribution is 5.75. The molecular weight excluding hydrogens is 240 g/mol. The number of urea groups is 1. The summed E-state index contributed by atoms with van der Waals surface area (Å²) in [6.07, 6.45) is 4.89. The van der Waals surface area contributed by atoms with Crippen LogP contribution >= 0.6 is 0 Å². The van der Waals surface area contributed by atoms with Crippen LogP contribution in [0.15, 0.2) is 0 Å². The van der Waals surface area contributed by atoms with Gasteiger partial charge in [-0.1, -0.05) is 13.8 Å². The van der Waals surface area contributed by atoms with Gasteiger partial charge in [-0.15, -0.1) is 0 Å². The Morgan fingerprint density at radius 3 is 2.74 bits per heavy atom. The van der Waals surface area contributed by atoms with Gasteiger partial charge in [0.2, 0.25) is 0 Å². The molecule has 1 aliphatic carbocycles. The van der Waals surface area contributed by atoms with Crippen LogP contribution in [0.2, 0.25) is 0 Å². The Labute approximate surface area is 116 Å². The summed E-state index contributed by atoms with van der Waals surface area (Å²) in [5.74, 6) is 1.27. The van der Waals surface area contributed by atoms with Gasteiger partial charge in [0.05, 0.1) is 6.10 Å².